The highest BCUT2D eigenvalue weighted by atomic mass is 16.7. The number of esters is 1. The van der Waals surface area contributed by atoms with Crippen LogP contribution in [0.1, 0.15) is 10.4 Å². The Bertz CT molecular complexity index is 565. The second kappa shape index (κ2) is 6.56. The molecular formula is C13H16O10. The maximum atomic E-state index is 12.0. The molecule has 1 saturated heterocycles. The molecule has 1 aromatic carbocycles. The van der Waals surface area contributed by atoms with Crippen molar-refractivity contribution >= 4 is 5.97 Å². The Morgan fingerprint density at radius 3 is 2.17 bits per heavy atom. The van der Waals surface area contributed by atoms with Crippen molar-refractivity contribution in [1.29, 1.82) is 0 Å². The van der Waals surface area contributed by atoms with Crippen LogP contribution in [0, 0.1) is 0 Å². The fraction of sp³-hybridized carbons (Fsp3) is 0.462. The van der Waals surface area contributed by atoms with Gasteiger partial charge < -0.3 is 45.2 Å². The van der Waals surface area contributed by atoms with Gasteiger partial charge in [-0.25, -0.2) is 4.79 Å². The van der Waals surface area contributed by atoms with Crippen LogP contribution in [0.5, 0.6) is 17.2 Å². The molecule has 10 nitrogen and oxygen atoms in total. The van der Waals surface area contributed by atoms with Gasteiger partial charge in [0.15, 0.2) is 29.6 Å². The van der Waals surface area contributed by atoms with Gasteiger partial charge in [0.2, 0.25) is 0 Å². The molecule has 1 fully saturated rings. The average molecular weight is 332 g/mol. The Morgan fingerprint density at radius 2 is 1.65 bits per heavy atom. The van der Waals surface area contributed by atoms with Crippen molar-refractivity contribution < 1.29 is 50.0 Å². The number of rotatable bonds is 3. The normalized spacial score (nSPS) is 30.9. The fourth-order valence-corrected chi connectivity index (χ4v) is 2.12. The molecule has 0 unspecified atom stereocenters. The van der Waals surface area contributed by atoms with E-state index in [2.05, 4.69) is 0 Å². The topological polar surface area (TPSA) is 177 Å². The quantitative estimate of drug-likeness (QED) is 0.236. The molecule has 10 heteroatoms. The summed E-state index contributed by atoms with van der Waals surface area (Å²) in [5.41, 5.74) is -0.376. The molecule has 1 aromatic rings. The van der Waals surface area contributed by atoms with E-state index in [9.17, 15) is 35.4 Å². The zero-order valence-electron chi connectivity index (χ0n) is 11.6. The Hall–Kier alpha value is -2.11. The molecule has 7 N–H and O–H groups in total. The number of aromatic hydroxyl groups is 3. The molecule has 1 aliphatic heterocycles. The van der Waals surface area contributed by atoms with Crippen LogP contribution in [-0.4, -0.2) is 79.0 Å². The first kappa shape index (κ1) is 17.2. The van der Waals surface area contributed by atoms with Crippen molar-refractivity contribution in [1.82, 2.24) is 0 Å². The lowest BCUT2D eigenvalue weighted by molar-refractivity contribution is -0.285. The molecule has 0 aromatic heterocycles. The summed E-state index contributed by atoms with van der Waals surface area (Å²) in [4.78, 5) is 12.0. The second-order valence-corrected chi connectivity index (χ2v) is 4.96. The van der Waals surface area contributed by atoms with Gasteiger partial charge in [0.05, 0.1) is 12.2 Å². The van der Waals surface area contributed by atoms with E-state index in [0.29, 0.717) is 0 Å². The number of phenols is 3. The van der Waals surface area contributed by atoms with Crippen LogP contribution in [0.3, 0.4) is 0 Å². The highest BCUT2D eigenvalue weighted by molar-refractivity contribution is 5.91. The predicted molar refractivity (Wildman–Crippen MR) is 70.6 cm³/mol. The Balaban J connectivity index is 2.21. The molecular weight excluding hydrogens is 316 g/mol. The Kier molecular flexibility index (Phi) is 4.92. The third kappa shape index (κ3) is 3.30. The molecule has 23 heavy (non-hydrogen) atoms. The van der Waals surface area contributed by atoms with Gasteiger partial charge in [0, 0.05) is 0 Å². The smallest absolute Gasteiger partial charge is 0.338 e. The van der Waals surface area contributed by atoms with Gasteiger partial charge in [-0.15, -0.1) is 0 Å². The summed E-state index contributed by atoms with van der Waals surface area (Å²) in [5, 5.41) is 66.0. The van der Waals surface area contributed by atoms with E-state index in [1.54, 1.807) is 0 Å². The van der Waals surface area contributed by atoms with Crippen LogP contribution in [0.4, 0.5) is 0 Å². The number of aliphatic hydroxyl groups is 4. The van der Waals surface area contributed by atoms with Crippen molar-refractivity contribution in [2.24, 2.45) is 0 Å². The van der Waals surface area contributed by atoms with Gasteiger partial charge in [-0.05, 0) is 12.1 Å². The van der Waals surface area contributed by atoms with Gasteiger partial charge >= 0.3 is 5.97 Å². The summed E-state index contributed by atoms with van der Waals surface area (Å²) in [6.07, 6.45) is -8.11. The second-order valence-electron chi connectivity index (χ2n) is 4.96. The molecule has 1 aliphatic rings. The van der Waals surface area contributed by atoms with Gasteiger partial charge in [-0.3, -0.25) is 0 Å². The maximum Gasteiger partial charge on any atom is 0.338 e. The van der Waals surface area contributed by atoms with E-state index in [4.69, 9.17) is 14.6 Å². The summed E-state index contributed by atoms with van der Waals surface area (Å²) < 4.78 is 9.59. The van der Waals surface area contributed by atoms with Crippen molar-refractivity contribution in [3.8, 4) is 17.2 Å². The minimum atomic E-state index is -1.80. The summed E-state index contributed by atoms with van der Waals surface area (Å²) in [6, 6.07) is 1.60. The van der Waals surface area contributed by atoms with Gasteiger partial charge in [-0.2, -0.15) is 0 Å². The largest absolute Gasteiger partial charge is 0.504 e. The number of hydrogen-bond donors (Lipinski definition) is 7. The van der Waals surface area contributed by atoms with Gasteiger partial charge in [-0.1, -0.05) is 0 Å². The van der Waals surface area contributed by atoms with E-state index in [-0.39, 0.29) is 5.56 Å². The van der Waals surface area contributed by atoms with Crippen molar-refractivity contribution in [3.63, 3.8) is 0 Å². The summed E-state index contributed by atoms with van der Waals surface area (Å²) in [6.45, 7) is -0.695. The van der Waals surface area contributed by atoms with Crippen LogP contribution in [0.2, 0.25) is 0 Å². The van der Waals surface area contributed by atoms with Gasteiger partial charge in [0.1, 0.15) is 18.3 Å². The number of hydrogen-bond acceptors (Lipinski definition) is 10. The molecule has 0 spiro atoms. The lowest BCUT2D eigenvalue weighted by atomic mass is 9.99. The number of phenolic OH excluding ortho intramolecular Hbond substituents is 3. The van der Waals surface area contributed by atoms with E-state index in [1.165, 1.54) is 0 Å². The Labute approximate surface area is 129 Å². The van der Waals surface area contributed by atoms with E-state index >= 15 is 0 Å². The lowest BCUT2D eigenvalue weighted by Crippen LogP contribution is -2.59. The summed E-state index contributed by atoms with van der Waals surface area (Å²) in [5.74, 6) is -3.55. The first-order chi connectivity index (χ1) is 10.8. The number of carbonyl (C=O) groups excluding carboxylic acids is 1. The molecule has 1 heterocycles. The molecule has 2 rings (SSSR count). The highest BCUT2D eigenvalue weighted by Crippen LogP contribution is 2.36. The lowest BCUT2D eigenvalue weighted by Gasteiger charge is -2.39. The van der Waals surface area contributed by atoms with E-state index in [0.717, 1.165) is 12.1 Å². The molecule has 0 aliphatic carbocycles. The number of aliphatic hydroxyl groups excluding tert-OH is 4. The molecule has 0 saturated carbocycles. The first-order valence-electron chi connectivity index (χ1n) is 6.52. The molecule has 5 atom stereocenters. The predicted octanol–water partition coefficient (Wildman–Crippen LogP) is -2.24. The molecule has 0 amide bonds. The first-order valence-corrected chi connectivity index (χ1v) is 6.52. The standard InChI is InChI=1S/C13H16O10/c14-3-7-9(18)11(10(19)13(21)22-7)23-12(20)4-1-5(15)8(17)6(16)2-4/h1-2,7,9-11,13-19,21H,3H2/t7-,9-,10-,11+,13-/m1/s1. The van der Waals surface area contributed by atoms with Crippen LogP contribution in [-0.2, 0) is 9.47 Å². The number of carbonyl (C=O) groups is 1. The van der Waals surface area contributed by atoms with Crippen molar-refractivity contribution in [3.05, 3.63) is 17.7 Å². The van der Waals surface area contributed by atoms with E-state index in [1.807, 2.05) is 0 Å². The van der Waals surface area contributed by atoms with E-state index < -0.39 is 60.5 Å². The van der Waals surface area contributed by atoms with Crippen LogP contribution in [0.25, 0.3) is 0 Å². The number of benzene rings is 1. The fourth-order valence-electron chi connectivity index (χ4n) is 2.12. The minimum Gasteiger partial charge on any atom is -0.504 e. The summed E-state index contributed by atoms with van der Waals surface area (Å²) in [7, 11) is 0. The zero-order chi connectivity index (χ0) is 17.3. The van der Waals surface area contributed by atoms with Crippen molar-refractivity contribution in [2.45, 2.75) is 30.7 Å². The zero-order valence-corrected chi connectivity index (χ0v) is 11.6. The highest BCUT2D eigenvalue weighted by Gasteiger charge is 2.46. The SMILES string of the molecule is O=C(O[C@@H]1[C@@H](O)[C@H](O)O[C@H](CO)[C@H]1O)c1cc(O)c(O)c(O)c1. The van der Waals surface area contributed by atoms with Crippen LogP contribution in [0.15, 0.2) is 12.1 Å². The van der Waals surface area contributed by atoms with Gasteiger partial charge in [0.25, 0.3) is 0 Å². The van der Waals surface area contributed by atoms with Crippen LogP contribution < -0.4 is 0 Å². The minimum absolute atomic E-state index is 0.376. The molecule has 0 radical (unpaired) electrons. The Morgan fingerprint density at radius 1 is 1.09 bits per heavy atom. The third-order valence-electron chi connectivity index (χ3n) is 3.39. The monoisotopic (exact) mass is 332 g/mol. The molecule has 0 bridgehead atoms. The third-order valence-corrected chi connectivity index (χ3v) is 3.39. The maximum absolute atomic E-state index is 12.0. The van der Waals surface area contributed by atoms with Crippen molar-refractivity contribution in [2.75, 3.05) is 6.61 Å². The summed E-state index contributed by atoms with van der Waals surface area (Å²) >= 11 is 0. The number of ether oxygens (including phenoxy) is 2. The molecule has 128 valence electrons. The van der Waals surface area contributed by atoms with Crippen LogP contribution >= 0.6 is 0 Å². The average Bonchev–Trinajstić information content (AvgIpc) is 2.51.